The van der Waals surface area contributed by atoms with E-state index in [0.717, 1.165) is 11.3 Å². The van der Waals surface area contributed by atoms with Crippen LogP contribution < -0.4 is 5.32 Å². The number of hydrogen-bond donors (Lipinski definition) is 1. The van der Waals surface area contributed by atoms with E-state index < -0.39 is 0 Å². The molecule has 2 heterocycles. The first kappa shape index (κ1) is 15.4. The van der Waals surface area contributed by atoms with Crippen LogP contribution in [0.3, 0.4) is 0 Å². The van der Waals surface area contributed by atoms with Crippen LogP contribution in [0.1, 0.15) is 31.2 Å². The maximum atomic E-state index is 3.81. The van der Waals surface area contributed by atoms with Crippen molar-refractivity contribution in [2.24, 2.45) is 0 Å². The Balaban J connectivity index is 1.31. The second-order valence-corrected chi connectivity index (χ2v) is 7.80. The van der Waals surface area contributed by atoms with Gasteiger partial charge in [0.2, 0.25) is 0 Å². The number of piperidine rings is 1. The summed E-state index contributed by atoms with van der Waals surface area (Å²) in [6, 6.07) is 11.6. The summed E-state index contributed by atoms with van der Waals surface area (Å²) in [7, 11) is 0. The molecule has 2 fully saturated rings. The molecule has 0 unspecified atom stereocenters. The van der Waals surface area contributed by atoms with Gasteiger partial charge in [0.15, 0.2) is 0 Å². The molecule has 1 N–H and O–H groups in total. The molecule has 0 bridgehead atoms. The summed E-state index contributed by atoms with van der Waals surface area (Å²) in [5, 5.41) is 4.70. The van der Waals surface area contributed by atoms with E-state index in [4.69, 9.17) is 0 Å². The van der Waals surface area contributed by atoms with Crippen LogP contribution in [0.15, 0.2) is 30.3 Å². The molecule has 2 saturated heterocycles. The minimum Gasteiger partial charge on any atom is -0.313 e. The fourth-order valence-electron chi connectivity index (χ4n) is 3.40. The average molecular weight is 305 g/mol. The molecular weight excluding hydrogens is 276 g/mol. The van der Waals surface area contributed by atoms with E-state index >= 15 is 0 Å². The van der Waals surface area contributed by atoms with Gasteiger partial charge in [0.05, 0.1) is 0 Å². The van der Waals surface area contributed by atoms with Gasteiger partial charge in [0.25, 0.3) is 0 Å². The molecule has 0 saturated carbocycles. The molecule has 0 spiro atoms. The summed E-state index contributed by atoms with van der Waals surface area (Å²) < 4.78 is 0. The topological polar surface area (TPSA) is 15.3 Å². The Labute approximate surface area is 133 Å². The van der Waals surface area contributed by atoms with Gasteiger partial charge in [-0.1, -0.05) is 30.3 Å². The lowest BCUT2D eigenvalue weighted by Gasteiger charge is -2.33. The van der Waals surface area contributed by atoms with Crippen molar-refractivity contribution in [3.63, 3.8) is 0 Å². The van der Waals surface area contributed by atoms with Crippen LogP contribution in [-0.4, -0.2) is 48.1 Å². The molecule has 0 amide bonds. The first-order valence-corrected chi connectivity index (χ1v) is 9.56. The second kappa shape index (κ2) is 8.21. The van der Waals surface area contributed by atoms with Crippen LogP contribution in [0.4, 0.5) is 0 Å². The SMILES string of the molecule is c1ccc(CCN2CCC(NC[C@@H]3CCCS3)CC2)cc1. The van der Waals surface area contributed by atoms with Crippen molar-refractivity contribution in [3.05, 3.63) is 35.9 Å². The van der Waals surface area contributed by atoms with Crippen LogP contribution in [0, 0.1) is 0 Å². The van der Waals surface area contributed by atoms with Crippen molar-refractivity contribution in [3.8, 4) is 0 Å². The molecule has 0 aliphatic carbocycles. The van der Waals surface area contributed by atoms with E-state index in [1.165, 1.54) is 69.6 Å². The highest BCUT2D eigenvalue weighted by Crippen LogP contribution is 2.25. The third-order valence-electron chi connectivity index (χ3n) is 4.81. The first-order valence-electron chi connectivity index (χ1n) is 8.51. The predicted octanol–water partition coefficient (Wildman–Crippen LogP) is 3.18. The molecule has 2 aliphatic rings. The van der Waals surface area contributed by atoms with E-state index in [1.54, 1.807) is 0 Å². The molecule has 1 aromatic carbocycles. The smallest absolute Gasteiger partial charge is 0.0172 e. The number of hydrogen-bond acceptors (Lipinski definition) is 3. The zero-order valence-electron chi connectivity index (χ0n) is 13.0. The molecule has 3 heteroatoms. The van der Waals surface area contributed by atoms with Crippen LogP contribution in [0.2, 0.25) is 0 Å². The molecule has 2 nitrogen and oxygen atoms in total. The normalized spacial score (nSPS) is 24.5. The highest BCUT2D eigenvalue weighted by Gasteiger charge is 2.21. The van der Waals surface area contributed by atoms with E-state index in [9.17, 15) is 0 Å². The molecule has 3 rings (SSSR count). The fourth-order valence-corrected chi connectivity index (χ4v) is 4.61. The molecule has 0 aromatic heterocycles. The van der Waals surface area contributed by atoms with Crippen molar-refractivity contribution in [1.29, 1.82) is 0 Å². The van der Waals surface area contributed by atoms with E-state index in [-0.39, 0.29) is 0 Å². The predicted molar refractivity (Wildman–Crippen MR) is 93.1 cm³/mol. The Hall–Kier alpha value is -0.510. The molecule has 0 radical (unpaired) electrons. The van der Waals surface area contributed by atoms with Gasteiger partial charge in [0.1, 0.15) is 0 Å². The Morgan fingerprint density at radius 3 is 2.62 bits per heavy atom. The first-order chi connectivity index (χ1) is 10.4. The zero-order chi connectivity index (χ0) is 14.3. The van der Waals surface area contributed by atoms with Gasteiger partial charge in [-0.3, -0.25) is 0 Å². The highest BCUT2D eigenvalue weighted by molar-refractivity contribution is 8.00. The molecule has 1 atom stereocenters. The largest absolute Gasteiger partial charge is 0.313 e. The lowest BCUT2D eigenvalue weighted by molar-refractivity contribution is 0.200. The molecule has 21 heavy (non-hydrogen) atoms. The number of nitrogens with zero attached hydrogens (tertiary/aromatic N) is 1. The Morgan fingerprint density at radius 1 is 1.10 bits per heavy atom. The van der Waals surface area contributed by atoms with Crippen molar-refractivity contribution >= 4 is 11.8 Å². The van der Waals surface area contributed by atoms with Gasteiger partial charge in [-0.15, -0.1) is 0 Å². The third-order valence-corrected chi connectivity index (χ3v) is 6.20. The zero-order valence-corrected chi connectivity index (χ0v) is 13.8. The van der Waals surface area contributed by atoms with Crippen molar-refractivity contribution in [2.45, 2.75) is 43.4 Å². The highest BCUT2D eigenvalue weighted by atomic mass is 32.2. The maximum absolute atomic E-state index is 3.81. The quantitative estimate of drug-likeness (QED) is 0.869. The van der Waals surface area contributed by atoms with Gasteiger partial charge in [0, 0.05) is 24.4 Å². The van der Waals surface area contributed by atoms with E-state index in [1.807, 2.05) is 0 Å². The lowest BCUT2D eigenvalue weighted by atomic mass is 10.0. The van der Waals surface area contributed by atoms with Gasteiger partial charge < -0.3 is 10.2 Å². The van der Waals surface area contributed by atoms with Gasteiger partial charge in [-0.25, -0.2) is 0 Å². The maximum Gasteiger partial charge on any atom is 0.0172 e. The van der Waals surface area contributed by atoms with Crippen LogP contribution in [0.5, 0.6) is 0 Å². The summed E-state index contributed by atoms with van der Waals surface area (Å²) in [4.78, 5) is 2.63. The van der Waals surface area contributed by atoms with Crippen LogP contribution in [0.25, 0.3) is 0 Å². The number of benzene rings is 1. The summed E-state index contributed by atoms with van der Waals surface area (Å²) in [5.41, 5.74) is 1.47. The number of thioether (sulfide) groups is 1. The Kier molecular flexibility index (Phi) is 6.02. The molecule has 116 valence electrons. The summed E-state index contributed by atoms with van der Waals surface area (Å²) >= 11 is 2.16. The lowest BCUT2D eigenvalue weighted by Crippen LogP contribution is -2.44. The minimum absolute atomic E-state index is 0.763. The summed E-state index contributed by atoms with van der Waals surface area (Å²) in [5.74, 6) is 1.38. The average Bonchev–Trinajstić information content (AvgIpc) is 3.06. The third kappa shape index (κ3) is 5.01. The molecular formula is C18H28N2S. The van der Waals surface area contributed by atoms with Crippen molar-refractivity contribution < 1.29 is 0 Å². The summed E-state index contributed by atoms with van der Waals surface area (Å²) in [6.45, 7) is 4.99. The standard InChI is InChI=1S/C18H28N2S/c1-2-5-16(6-3-1)8-11-20-12-9-17(10-13-20)19-15-18-7-4-14-21-18/h1-3,5-6,17-19H,4,7-15H2/t18-/m0/s1. The Morgan fingerprint density at radius 2 is 1.90 bits per heavy atom. The van der Waals surface area contributed by atoms with Crippen molar-refractivity contribution in [2.75, 3.05) is 31.9 Å². The molecule has 1 aromatic rings. The number of rotatable bonds is 6. The van der Waals surface area contributed by atoms with E-state index in [0.29, 0.717) is 0 Å². The second-order valence-electron chi connectivity index (χ2n) is 6.39. The van der Waals surface area contributed by atoms with Crippen molar-refractivity contribution in [1.82, 2.24) is 10.2 Å². The molecule has 2 aliphatic heterocycles. The monoisotopic (exact) mass is 304 g/mol. The van der Waals surface area contributed by atoms with Gasteiger partial charge >= 0.3 is 0 Å². The summed E-state index contributed by atoms with van der Waals surface area (Å²) in [6.07, 6.45) is 6.69. The van der Waals surface area contributed by atoms with Gasteiger partial charge in [-0.2, -0.15) is 11.8 Å². The van der Waals surface area contributed by atoms with Crippen LogP contribution in [-0.2, 0) is 6.42 Å². The fraction of sp³-hybridized carbons (Fsp3) is 0.667. The number of nitrogens with one attached hydrogen (secondary N) is 1. The van der Waals surface area contributed by atoms with Gasteiger partial charge in [-0.05, 0) is 56.5 Å². The number of likely N-dealkylation sites (tertiary alicyclic amines) is 1. The minimum atomic E-state index is 0.763. The Bertz CT molecular complexity index is 395. The van der Waals surface area contributed by atoms with E-state index in [2.05, 4.69) is 52.3 Å². The van der Waals surface area contributed by atoms with Crippen LogP contribution >= 0.6 is 11.8 Å².